The molecule has 0 fully saturated rings. The van der Waals surface area contributed by atoms with Crippen LogP contribution in [0.15, 0.2) is 72.8 Å². The van der Waals surface area contributed by atoms with Crippen molar-refractivity contribution in [3.8, 4) is 11.1 Å². The van der Waals surface area contributed by atoms with Gasteiger partial charge in [-0.3, -0.25) is 24.5 Å². The number of carbonyl (C=O) groups is 3. The van der Waals surface area contributed by atoms with Gasteiger partial charge < -0.3 is 10.1 Å². The Kier molecular flexibility index (Phi) is 7.64. The molecule has 168 valence electrons. The average molecular weight is 446 g/mol. The number of rotatable bonds is 9. The molecule has 0 unspecified atom stereocenters. The molecule has 0 aromatic heterocycles. The number of nitro groups is 1. The molecule has 8 heteroatoms. The number of nitro benzene ring substituents is 1. The Hall–Kier alpha value is -4.33. The molecule has 0 bridgehead atoms. The van der Waals surface area contributed by atoms with Crippen LogP contribution >= 0.6 is 0 Å². The van der Waals surface area contributed by atoms with Crippen molar-refractivity contribution in [3.63, 3.8) is 0 Å². The van der Waals surface area contributed by atoms with Crippen molar-refractivity contribution in [2.45, 2.75) is 19.8 Å². The Morgan fingerprint density at radius 1 is 0.909 bits per heavy atom. The highest BCUT2D eigenvalue weighted by Gasteiger charge is 2.14. The number of esters is 1. The summed E-state index contributed by atoms with van der Waals surface area (Å²) in [5.74, 6) is -1.44. The molecule has 0 heterocycles. The molecule has 33 heavy (non-hydrogen) atoms. The van der Waals surface area contributed by atoms with Gasteiger partial charge >= 0.3 is 5.97 Å². The number of hydrogen-bond acceptors (Lipinski definition) is 6. The standard InChI is InChI=1S/C25H22N2O6/c1-17-15-21(27(31)32)11-12-22(17)26-24(29)16-33-25(30)14-13-23(28)20-9-7-19(8-10-20)18-5-3-2-4-6-18/h2-12,15H,13-14,16H2,1H3,(H,26,29). The zero-order valence-electron chi connectivity index (χ0n) is 17.9. The number of nitrogens with one attached hydrogen (secondary N) is 1. The molecule has 0 saturated carbocycles. The largest absolute Gasteiger partial charge is 0.456 e. The first kappa shape index (κ1) is 23.3. The second-order valence-corrected chi connectivity index (χ2v) is 7.33. The molecule has 3 aromatic rings. The third kappa shape index (κ3) is 6.57. The van der Waals surface area contributed by atoms with Crippen LogP contribution in [-0.4, -0.2) is 29.2 Å². The molecule has 0 aliphatic rings. The number of ether oxygens (including phenoxy) is 1. The first-order valence-corrected chi connectivity index (χ1v) is 10.2. The maximum atomic E-state index is 12.4. The van der Waals surface area contributed by atoms with Crippen LogP contribution in [0.1, 0.15) is 28.8 Å². The number of carbonyl (C=O) groups excluding carboxylic acids is 3. The van der Waals surface area contributed by atoms with Gasteiger partial charge in [0.15, 0.2) is 12.4 Å². The van der Waals surface area contributed by atoms with Crippen LogP contribution in [0.2, 0.25) is 0 Å². The van der Waals surface area contributed by atoms with E-state index < -0.39 is 23.4 Å². The summed E-state index contributed by atoms with van der Waals surface area (Å²) >= 11 is 0. The number of ketones is 1. The van der Waals surface area contributed by atoms with Crippen molar-refractivity contribution in [1.82, 2.24) is 0 Å². The normalized spacial score (nSPS) is 10.3. The molecule has 0 aliphatic carbocycles. The van der Waals surface area contributed by atoms with Crippen LogP contribution in [0.25, 0.3) is 11.1 Å². The maximum absolute atomic E-state index is 12.4. The molecule has 0 saturated heterocycles. The maximum Gasteiger partial charge on any atom is 0.306 e. The van der Waals surface area contributed by atoms with Gasteiger partial charge in [0, 0.05) is 29.8 Å². The van der Waals surface area contributed by atoms with Gasteiger partial charge in [0.2, 0.25) is 0 Å². The number of Topliss-reactive ketones (excluding diaryl/α,β-unsaturated/α-hetero) is 1. The van der Waals surface area contributed by atoms with E-state index in [9.17, 15) is 24.5 Å². The van der Waals surface area contributed by atoms with Crippen LogP contribution in [0, 0.1) is 17.0 Å². The Balaban J connectivity index is 1.44. The highest BCUT2D eigenvalue weighted by atomic mass is 16.6. The number of amides is 1. The zero-order chi connectivity index (χ0) is 23.8. The number of anilines is 1. The summed E-state index contributed by atoms with van der Waals surface area (Å²) in [7, 11) is 0. The number of hydrogen-bond donors (Lipinski definition) is 1. The van der Waals surface area contributed by atoms with Gasteiger partial charge in [0.1, 0.15) is 0 Å². The van der Waals surface area contributed by atoms with Gasteiger partial charge in [0.05, 0.1) is 11.3 Å². The number of nitrogens with zero attached hydrogens (tertiary/aromatic N) is 1. The summed E-state index contributed by atoms with van der Waals surface area (Å²) in [5, 5.41) is 13.3. The van der Waals surface area contributed by atoms with E-state index >= 15 is 0 Å². The zero-order valence-corrected chi connectivity index (χ0v) is 17.9. The van der Waals surface area contributed by atoms with Gasteiger partial charge in [-0.1, -0.05) is 54.6 Å². The second kappa shape index (κ2) is 10.8. The van der Waals surface area contributed by atoms with Gasteiger partial charge in [-0.2, -0.15) is 0 Å². The first-order chi connectivity index (χ1) is 15.8. The van der Waals surface area contributed by atoms with E-state index in [0.29, 0.717) is 16.8 Å². The lowest BCUT2D eigenvalue weighted by molar-refractivity contribution is -0.384. The lowest BCUT2D eigenvalue weighted by Gasteiger charge is -2.09. The van der Waals surface area contributed by atoms with Crippen molar-refractivity contribution in [1.29, 1.82) is 0 Å². The van der Waals surface area contributed by atoms with Crippen LogP contribution in [-0.2, 0) is 14.3 Å². The molecule has 8 nitrogen and oxygen atoms in total. The van der Waals surface area contributed by atoms with Crippen LogP contribution in [0.4, 0.5) is 11.4 Å². The predicted molar refractivity (Wildman–Crippen MR) is 123 cm³/mol. The van der Waals surface area contributed by atoms with Crippen molar-refractivity contribution in [2.24, 2.45) is 0 Å². The van der Waals surface area contributed by atoms with E-state index in [0.717, 1.165) is 11.1 Å². The lowest BCUT2D eigenvalue weighted by atomic mass is 10.0. The molecule has 3 aromatic carbocycles. The fourth-order valence-corrected chi connectivity index (χ4v) is 3.15. The van der Waals surface area contributed by atoms with Gasteiger partial charge in [0.25, 0.3) is 11.6 Å². The van der Waals surface area contributed by atoms with Gasteiger partial charge in [-0.15, -0.1) is 0 Å². The minimum Gasteiger partial charge on any atom is -0.456 e. The molecule has 0 aliphatic heterocycles. The third-order valence-corrected chi connectivity index (χ3v) is 4.93. The number of aryl methyl sites for hydroxylation is 1. The summed E-state index contributed by atoms with van der Waals surface area (Å²) in [5.41, 5.74) is 3.33. The Morgan fingerprint density at radius 2 is 1.58 bits per heavy atom. The molecule has 0 atom stereocenters. The fourth-order valence-electron chi connectivity index (χ4n) is 3.15. The summed E-state index contributed by atoms with van der Waals surface area (Å²) in [6.07, 6.45) is -0.185. The molecular formula is C25H22N2O6. The average Bonchev–Trinajstić information content (AvgIpc) is 2.83. The molecule has 1 N–H and O–H groups in total. The van der Waals surface area contributed by atoms with E-state index in [2.05, 4.69) is 5.32 Å². The Bertz CT molecular complexity index is 1170. The van der Waals surface area contributed by atoms with E-state index in [-0.39, 0.29) is 24.3 Å². The summed E-state index contributed by atoms with van der Waals surface area (Å²) < 4.78 is 4.93. The van der Waals surface area contributed by atoms with Crippen molar-refractivity contribution >= 4 is 29.0 Å². The molecule has 0 spiro atoms. The van der Waals surface area contributed by atoms with Crippen LogP contribution < -0.4 is 5.32 Å². The SMILES string of the molecule is Cc1cc([N+](=O)[O-])ccc1NC(=O)COC(=O)CCC(=O)c1ccc(-c2ccccc2)cc1. The van der Waals surface area contributed by atoms with Crippen LogP contribution in [0.3, 0.4) is 0 Å². The minimum atomic E-state index is -0.667. The van der Waals surface area contributed by atoms with E-state index in [1.54, 1.807) is 19.1 Å². The molecule has 3 rings (SSSR count). The predicted octanol–water partition coefficient (Wildman–Crippen LogP) is 4.72. The van der Waals surface area contributed by atoms with E-state index in [1.807, 2.05) is 42.5 Å². The Labute approximate surface area is 190 Å². The molecule has 1 amide bonds. The summed E-state index contributed by atoms with van der Waals surface area (Å²) in [4.78, 5) is 46.5. The van der Waals surface area contributed by atoms with Crippen molar-refractivity contribution in [2.75, 3.05) is 11.9 Å². The van der Waals surface area contributed by atoms with Gasteiger partial charge in [-0.05, 0) is 29.7 Å². The highest BCUT2D eigenvalue weighted by molar-refractivity contribution is 5.98. The van der Waals surface area contributed by atoms with Crippen molar-refractivity contribution in [3.05, 3.63) is 94.0 Å². The fraction of sp³-hybridized carbons (Fsp3) is 0.160. The summed E-state index contributed by atoms with van der Waals surface area (Å²) in [6, 6.07) is 20.9. The topological polar surface area (TPSA) is 116 Å². The highest BCUT2D eigenvalue weighted by Crippen LogP contribution is 2.21. The summed E-state index contributed by atoms with van der Waals surface area (Å²) in [6.45, 7) is 1.10. The van der Waals surface area contributed by atoms with Gasteiger partial charge in [-0.25, -0.2) is 0 Å². The smallest absolute Gasteiger partial charge is 0.306 e. The third-order valence-electron chi connectivity index (χ3n) is 4.93. The quantitative estimate of drug-likeness (QED) is 0.220. The van der Waals surface area contributed by atoms with Crippen molar-refractivity contribution < 1.29 is 24.0 Å². The Morgan fingerprint density at radius 3 is 2.21 bits per heavy atom. The molecular weight excluding hydrogens is 424 g/mol. The number of benzene rings is 3. The lowest BCUT2D eigenvalue weighted by Crippen LogP contribution is -2.21. The monoisotopic (exact) mass is 446 g/mol. The first-order valence-electron chi connectivity index (χ1n) is 10.2. The van der Waals surface area contributed by atoms with E-state index in [1.165, 1.54) is 18.2 Å². The number of non-ortho nitro benzene ring substituents is 1. The van der Waals surface area contributed by atoms with E-state index in [4.69, 9.17) is 4.74 Å². The minimum absolute atomic E-state index is 0.0351. The molecule has 0 radical (unpaired) electrons. The second-order valence-electron chi connectivity index (χ2n) is 7.33. The van der Waals surface area contributed by atoms with Crippen LogP contribution in [0.5, 0.6) is 0 Å².